The lowest BCUT2D eigenvalue weighted by Gasteiger charge is -2.20. The third-order valence-corrected chi connectivity index (χ3v) is 2.78. The maximum atomic E-state index is 5.93. The van der Waals surface area contributed by atoms with Crippen LogP contribution < -0.4 is 10.6 Å². The van der Waals surface area contributed by atoms with E-state index >= 15 is 0 Å². The van der Waals surface area contributed by atoms with Crippen LogP contribution in [-0.4, -0.2) is 18.6 Å². The molecule has 1 aromatic carbocycles. The fourth-order valence-corrected chi connectivity index (χ4v) is 1.78. The fraction of sp³-hybridized carbons (Fsp3) is 0.214. The van der Waals surface area contributed by atoms with E-state index < -0.39 is 0 Å². The van der Waals surface area contributed by atoms with E-state index in [-0.39, 0.29) is 0 Å². The van der Waals surface area contributed by atoms with Crippen molar-refractivity contribution in [1.29, 1.82) is 0 Å². The van der Waals surface area contributed by atoms with Gasteiger partial charge in [0.1, 0.15) is 0 Å². The van der Waals surface area contributed by atoms with Crippen LogP contribution in [0.1, 0.15) is 5.69 Å². The number of likely N-dealkylation sites (N-methyl/N-ethyl adjacent to an activating group) is 1. The molecule has 0 aliphatic rings. The highest BCUT2D eigenvalue weighted by Gasteiger charge is 2.04. The molecule has 0 atom stereocenters. The van der Waals surface area contributed by atoms with Gasteiger partial charge in [-0.2, -0.15) is 0 Å². The number of aromatic nitrogens is 1. The van der Waals surface area contributed by atoms with Gasteiger partial charge in [-0.3, -0.25) is 4.98 Å². The molecule has 0 aliphatic heterocycles. The number of nitrogen functional groups attached to an aromatic ring is 1. The minimum Gasteiger partial charge on any atom is -0.397 e. The van der Waals surface area contributed by atoms with E-state index in [1.54, 1.807) is 0 Å². The maximum Gasteiger partial charge on any atom is 0.0597 e. The molecule has 1 heterocycles. The largest absolute Gasteiger partial charge is 0.397 e. The van der Waals surface area contributed by atoms with Crippen LogP contribution in [0.3, 0.4) is 0 Å². The van der Waals surface area contributed by atoms with E-state index in [1.807, 2.05) is 48.7 Å². The summed E-state index contributed by atoms with van der Waals surface area (Å²) in [6.07, 6.45) is 2.75. The Morgan fingerprint density at radius 3 is 2.59 bits per heavy atom. The lowest BCUT2D eigenvalue weighted by atomic mass is 10.2. The highest BCUT2D eigenvalue weighted by atomic mass is 15.1. The molecule has 0 fully saturated rings. The molecule has 0 saturated carbocycles. The van der Waals surface area contributed by atoms with Crippen molar-refractivity contribution in [3.05, 3.63) is 54.4 Å². The lowest BCUT2D eigenvalue weighted by molar-refractivity contribution is 0.853. The molecule has 0 bridgehead atoms. The maximum absolute atomic E-state index is 5.93. The van der Waals surface area contributed by atoms with Gasteiger partial charge in [0.2, 0.25) is 0 Å². The molecule has 0 amide bonds. The summed E-state index contributed by atoms with van der Waals surface area (Å²) in [6.45, 7) is 0.908. The zero-order valence-electron chi connectivity index (χ0n) is 10.0. The molecule has 3 nitrogen and oxygen atoms in total. The standard InChI is InChI=1S/C14H17N3/c1-17(14-8-3-2-7-13(14)15)11-9-12-6-4-5-10-16-12/h2-8,10H,9,11,15H2,1H3. The smallest absolute Gasteiger partial charge is 0.0597 e. The van der Waals surface area contributed by atoms with Crippen molar-refractivity contribution in [2.24, 2.45) is 0 Å². The first kappa shape index (κ1) is 11.5. The van der Waals surface area contributed by atoms with Crippen LogP contribution in [0.4, 0.5) is 11.4 Å². The van der Waals surface area contributed by atoms with E-state index in [0.29, 0.717) is 0 Å². The second-order valence-electron chi connectivity index (χ2n) is 4.05. The molecule has 2 rings (SSSR count). The molecular formula is C14H17N3. The van der Waals surface area contributed by atoms with E-state index in [9.17, 15) is 0 Å². The highest BCUT2D eigenvalue weighted by Crippen LogP contribution is 2.20. The normalized spacial score (nSPS) is 10.2. The predicted molar refractivity (Wildman–Crippen MR) is 72.1 cm³/mol. The lowest BCUT2D eigenvalue weighted by Crippen LogP contribution is -2.21. The summed E-state index contributed by atoms with van der Waals surface area (Å²) in [5.41, 5.74) is 8.93. The Hall–Kier alpha value is -2.03. The predicted octanol–water partition coefficient (Wildman–Crippen LogP) is 2.34. The van der Waals surface area contributed by atoms with Crippen LogP contribution in [0, 0.1) is 0 Å². The molecule has 0 unspecified atom stereocenters. The number of hydrogen-bond donors (Lipinski definition) is 1. The Labute approximate surface area is 102 Å². The van der Waals surface area contributed by atoms with Gasteiger partial charge >= 0.3 is 0 Å². The van der Waals surface area contributed by atoms with Crippen molar-refractivity contribution in [2.45, 2.75) is 6.42 Å². The molecule has 2 N–H and O–H groups in total. The number of rotatable bonds is 4. The number of nitrogens with two attached hydrogens (primary N) is 1. The van der Waals surface area contributed by atoms with Gasteiger partial charge in [-0.05, 0) is 24.3 Å². The first-order chi connectivity index (χ1) is 8.27. The number of hydrogen-bond acceptors (Lipinski definition) is 3. The topological polar surface area (TPSA) is 42.2 Å². The fourth-order valence-electron chi connectivity index (χ4n) is 1.78. The van der Waals surface area contributed by atoms with E-state index in [2.05, 4.69) is 16.9 Å². The zero-order valence-corrected chi connectivity index (χ0v) is 10.0. The number of nitrogens with zero attached hydrogens (tertiary/aromatic N) is 2. The van der Waals surface area contributed by atoms with Crippen LogP contribution in [0.2, 0.25) is 0 Å². The van der Waals surface area contributed by atoms with Crippen molar-refractivity contribution in [3.63, 3.8) is 0 Å². The number of para-hydroxylation sites is 2. The Morgan fingerprint density at radius 1 is 1.12 bits per heavy atom. The van der Waals surface area contributed by atoms with Gasteiger partial charge in [0.05, 0.1) is 11.4 Å². The minimum absolute atomic E-state index is 0.816. The van der Waals surface area contributed by atoms with Crippen LogP contribution in [0.5, 0.6) is 0 Å². The van der Waals surface area contributed by atoms with Crippen molar-refractivity contribution in [1.82, 2.24) is 4.98 Å². The Balaban J connectivity index is 1.99. The van der Waals surface area contributed by atoms with Crippen molar-refractivity contribution in [3.8, 4) is 0 Å². The third-order valence-electron chi connectivity index (χ3n) is 2.78. The van der Waals surface area contributed by atoms with Crippen molar-refractivity contribution < 1.29 is 0 Å². The molecule has 0 radical (unpaired) electrons. The molecule has 0 aliphatic carbocycles. The van der Waals surface area contributed by atoms with Crippen LogP contribution in [-0.2, 0) is 6.42 Å². The molecule has 3 heteroatoms. The second kappa shape index (κ2) is 5.34. The quantitative estimate of drug-likeness (QED) is 0.815. The van der Waals surface area contributed by atoms with Crippen molar-refractivity contribution >= 4 is 11.4 Å². The van der Waals surface area contributed by atoms with E-state index in [4.69, 9.17) is 5.73 Å². The van der Waals surface area contributed by atoms with Gasteiger partial charge in [-0.25, -0.2) is 0 Å². The SMILES string of the molecule is CN(CCc1ccccn1)c1ccccc1N. The second-order valence-corrected chi connectivity index (χ2v) is 4.05. The van der Waals surface area contributed by atoms with Crippen LogP contribution >= 0.6 is 0 Å². The number of benzene rings is 1. The average Bonchev–Trinajstić information content (AvgIpc) is 2.38. The van der Waals surface area contributed by atoms with Gasteiger partial charge in [-0.1, -0.05) is 18.2 Å². The van der Waals surface area contributed by atoms with Gasteiger partial charge in [0.15, 0.2) is 0 Å². The first-order valence-electron chi connectivity index (χ1n) is 5.73. The molecule has 88 valence electrons. The molecular weight excluding hydrogens is 210 g/mol. The summed E-state index contributed by atoms with van der Waals surface area (Å²) < 4.78 is 0. The molecule has 17 heavy (non-hydrogen) atoms. The molecule has 1 aromatic heterocycles. The van der Waals surface area contributed by atoms with E-state index in [0.717, 1.165) is 30.0 Å². The summed E-state index contributed by atoms with van der Waals surface area (Å²) >= 11 is 0. The average molecular weight is 227 g/mol. The molecule has 0 spiro atoms. The van der Waals surface area contributed by atoms with Gasteiger partial charge in [0.25, 0.3) is 0 Å². The monoisotopic (exact) mass is 227 g/mol. The van der Waals surface area contributed by atoms with Crippen LogP contribution in [0.15, 0.2) is 48.7 Å². The Morgan fingerprint density at radius 2 is 1.88 bits per heavy atom. The summed E-state index contributed by atoms with van der Waals surface area (Å²) in [7, 11) is 2.05. The zero-order chi connectivity index (χ0) is 12.1. The first-order valence-corrected chi connectivity index (χ1v) is 5.73. The Kier molecular flexibility index (Phi) is 3.60. The Bertz CT molecular complexity index is 468. The van der Waals surface area contributed by atoms with Gasteiger partial charge in [-0.15, -0.1) is 0 Å². The molecule has 2 aromatic rings. The minimum atomic E-state index is 0.816. The number of pyridine rings is 1. The highest BCUT2D eigenvalue weighted by molar-refractivity contribution is 5.66. The van der Waals surface area contributed by atoms with E-state index in [1.165, 1.54) is 0 Å². The van der Waals surface area contributed by atoms with Gasteiger partial charge in [0, 0.05) is 31.9 Å². The summed E-state index contributed by atoms with van der Waals surface area (Å²) in [5, 5.41) is 0. The van der Waals surface area contributed by atoms with Crippen molar-refractivity contribution in [2.75, 3.05) is 24.2 Å². The summed E-state index contributed by atoms with van der Waals surface area (Å²) in [4.78, 5) is 6.47. The van der Waals surface area contributed by atoms with Gasteiger partial charge < -0.3 is 10.6 Å². The third kappa shape index (κ3) is 2.97. The molecule has 0 saturated heterocycles. The summed E-state index contributed by atoms with van der Waals surface area (Å²) in [5.74, 6) is 0. The summed E-state index contributed by atoms with van der Waals surface area (Å²) in [6, 6.07) is 13.9. The number of anilines is 2. The van der Waals surface area contributed by atoms with Crippen LogP contribution in [0.25, 0.3) is 0 Å².